The first kappa shape index (κ1) is 15.0. The Morgan fingerprint density at radius 1 is 1.30 bits per heavy atom. The summed E-state index contributed by atoms with van der Waals surface area (Å²) in [6, 6.07) is 7.99. The molecule has 0 atom stereocenters. The molecule has 23 heavy (non-hydrogen) atoms. The lowest BCUT2D eigenvalue weighted by Crippen LogP contribution is -2.14. The molecule has 0 aliphatic heterocycles. The van der Waals surface area contributed by atoms with Gasteiger partial charge < -0.3 is 5.32 Å². The molecule has 0 spiro atoms. The van der Waals surface area contributed by atoms with Crippen LogP contribution in [-0.2, 0) is 0 Å². The first-order valence-corrected chi connectivity index (χ1v) is 7.39. The third-order valence-electron chi connectivity index (χ3n) is 3.52. The number of carbonyl (C=O) groups is 1. The van der Waals surface area contributed by atoms with Gasteiger partial charge in [0.05, 0.1) is 17.6 Å². The zero-order chi connectivity index (χ0) is 16.4. The third-order valence-corrected chi connectivity index (χ3v) is 3.52. The van der Waals surface area contributed by atoms with E-state index in [-0.39, 0.29) is 11.7 Å². The maximum atomic E-state index is 12.2. The van der Waals surface area contributed by atoms with Gasteiger partial charge in [-0.15, -0.1) is 5.10 Å². The first-order chi connectivity index (χ1) is 11.1. The van der Waals surface area contributed by atoms with Crippen molar-refractivity contribution in [1.29, 1.82) is 0 Å². The summed E-state index contributed by atoms with van der Waals surface area (Å²) in [4.78, 5) is 16.5. The molecular weight excluding hydrogens is 292 g/mol. The van der Waals surface area contributed by atoms with Gasteiger partial charge in [-0.25, -0.2) is 9.67 Å². The van der Waals surface area contributed by atoms with Crippen molar-refractivity contribution in [3.63, 3.8) is 0 Å². The van der Waals surface area contributed by atoms with Gasteiger partial charge in [0.2, 0.25) is 5.82 Å². The number of hydrogen-bond donors (Lipinski definition) is 2. The molecule has 1 aromatic carbocycles. The number of aromatic nitrogens is 5. The van der Waals surface area contributed by atoms with Gasteiger partial charge in [0, 0.05) is 6.20 Å². The molecule has 0 bridgehead atoms. The van der Waals surface area contributed by atoms with E-state index in [9.17, 15) is 4.79 Å². The quantitative estimate of drug-likeness (QED) is 0.775. The standard InChI is InChI=1S/C16H18N6O/c1-10(2)13-6-4-5-7-14(13)22-11(3)19-15(21-22)16(23)20-12-8-17-18-9-12/h4-10H,1-3H3,(H,17,18)(H,20,23). The van der Waals surface area contributed by atoms with Crippen molar-refractivity contribution in [1.82, 2.24) is 25.0 Å². The molecule has 3 rings (SSSR count). The number of nitrogens with one attached hydrogen (secondary N) is 2. The van der Waals surface area contributed by atoms with Crippen molar-refractivity contribution in [3.05, 3.63) is 53.9 Å². The lowest BCUT2D eigenvalue weighted by molar-refractivity contribution is 0.101. The molecule has 0 radical (unpaired) electrons. The molecule has 7 heteroatoms. The molecule has 0 saturated carbocycles. The monoisotopic (exact) mass is 310 g/mol. The maximum absolute atomic E-state index is 12.2. The van der Waals surface area contributed by atoms with Gasteiger partial charge in [0.15, 0.2) is 0 Å². The molecule has 1 amide bonds. The largest absolute Gasteiger partial charge is 0.316 e. The van der Waals surface area contributed by atoms with Gasteiger partial charge in [-0.1, -0.05) is 32.0 Å². The molecule has 0 fully saturated rings. The minimum Gasteiger partial charge on any atom is -0.316 e. The summed E-state index contributed by atoms with van der Waals surface area (Å²) in [5.41, 5.74) is 2.67. The summed E-state index contributed by atoms with van der Waals surface area (Å²) in [5.74, 6) is 0.769. The summed E-state index contributed by atoms with van der Waals surface area (Å²) < 4.78 is 1.71. The average molecular weight is 310 g/mol. The van der Waals surface area contributed by atoms with Crippen molar-refractivity contribution in [2.75, 3.05) is 5.32 Å². The fourth-order valence-electron chi connectivity index (χ4n) is 2.39. The topological polar surface area (TPSA) is 88.5 Å². The van der Waals surface area contributed by atoms with Gasteiger partial charge >= 0.3 is 0 Å². The Kier molecular flexibility index (Phi) is 3.92. The van der Waals surface area contributed by atoms with E-state index in [4.69, 9.17) is 0 Å². The van der Waals surface area contributed by atoms with Crippen LogP contribution >= 0.6 is 0 Å². The number of benzene rings is 1. The zero-order valence-electron chi connectivity index (χ0n) is 13.2. The number of anilines is 1. The lowest BCUT2D eigenvalue weighted by Gasteiger charge is -2.12. The van der Waals surface area contributed by atoms with E-state index in [1.54, 1.807) is 10.9 Å². The Hall–Kier alpha value is -2.96. The Balaban J connectivity index is 1.94. The third kappa shape index (κ3) is 2.98. The Bertz CT molecular complexity index is 819. The minimum absolute atomic E-state index is 0.127. The molecule has 118 valence electrons. The number of hydrogen-bond acceptors (Lipinski definition) is 4. The number of H-pyrrole nitrogens is 1. The van der Waals surface area contributed by atoms with Gasteiger partial charge in [-0.3, -0.25) is 9.89 Å². The van der Waals surface area contributed by atoms with Crippen LogP contribution in [0.2, 0.25) is 0 Å². The predicted molar refractivity (Wildman–Crippen MR) is 86.7 cm³/mol. The fourth-order valence-corrected chi connectivity index (χ4v) is 2.39. The highest BCUT2D eigenvalue weighted by Crippen LogP contribution is 2.23. The van der Waals surface area contributed by atoms with Crippen LogP contribution in [0.4, 0.5) is 5.69 Å². The summed E-state index contributed by atoms with van der Waals surface area (Å²) >= 11 is 0. The van der Waals surface area contributed by atoms with E-state index >= 15 is 0 Å². The van der Waals surface area contributed by atoms with E-state index in [0.29, 0.717) is 17.4 Å². The first-order valence-electron chi connectivity index (χ1n) is 7.39. The number of carbonyl (C=O) groups excluding carboxylic acids is 1. The highest BCUT2D eigenvalue weighted by atomic mass is 16.2. The predicted octanol–water partition coefficient (Wildman–Crippen LogP) is 2.67. The zero-order valence-corrected chi connectivity index (χ0v) is 13.2. The van der Waals surface area contributed by atoms with E-state index in [1.807, 2.05) is 25.1 Å². The highest BCUT2D eigenvalue weighted by molar-refractivity contribution is 6.01. The Morgan fingerprint density at radius 3 is 2.78 bits per heavy atom. The molecule has 2 aromatic heterocycles. The van der Waals surface area contributed by atoms with Crippen LogP contribution in [0.25, 0.3) is 5.69 Å². The number of nitrogens with zero attached hydrogens (tertiary/aromatic N) is 4. The van der Waals surface area contributed by atoms with Crippen molar-refractivity contribution in [2.45, 2.75) is 26.7 Å². The second kappa shape index (κ2) is 6.04. The number of aryl methyl sites for hydroxylation is 1. The molecule has 0 aliphatic rings. The summed E-state index contributed by atoms with van der Waals surface area (Å²) in [6.45, 7) is 6.08. The minimum atomic E-state index is -0.365. The second-order valence-corrected chi connectivity index (χ2v) is 5.55. The van der Waals surface area contributed by atoms with E-state index in [0.717, 1.165) is 11.3 Å². The van der Waals surface area contributed by atoms with E-state index < -0.39 is 0 Å². The summed E-state index contributed by atoms with van der Waals surface area (Å²) in [7, 11) is 0. The van der Waals surface area contributed by atoms with Crippen molar-refractivity contribution >= 4 is 11.6 Å². The van der Waals surface area contributed by atoms with E-state index in [2.05, 4.69) is 45.5 Å². The molecule has 0 aliphatic carbocycles. The summed E-state index contributed by atoms with van der Waals surface area (Å²) in [6.07, 6.45) is 3.12. The van der Waals surface area contributed by atoms with Crippen molar-refractivity contribution < 1.29 is 4.79 Å². The van der Waals surface area contributed by atoms with Crippen LogP contribution in [0.1, 0.15) is 41.8 Å². The van der Waals surface area contributed by atoms with Crippen LogP contribution in [0.15, 0.2) is 36.7 Å². The number of aromatic amines is 1. The summed E-state index contributed by atoms with van der Waals surface area (Å²) in [5, 5.41) is 13.5. The normalized spacial score (nSPS) is 11.0. The fraction of sp³-hybridized carbons (Fsp3) is 0.250. The van der Waals surface area contributed by atoms with Gasteiger partial charge in [-0.05, 0) is 24.5 Å². The number of amides is 1. The Morgan fingerprint density at radius 2 is 2.09 bits per heavy atom. The van der Waals surface area contributed by atoms with Crippen LogP contribution in [-0.4, -0.2) is 30.9 Å². The van der Waals surface area contributed by atoms with Crippen molar-refractivity contribution in [3.8, 4) is 5.69 Å². The molecule has 2 N–H and O–H groups in total. The average Bonchev–Trinajstić information content (AvgIpc) is 3.16. The van der Waals surface area contributed by atoms with Crippen LogP contribution in [0, 0.1) is 6.92 Å². The van der Waals surface area contributed by atoms with Crippen molar-refractivity contribution in [2.24, 2.45) is 0 Å². The number of rotatable bonds is 4. The van der Waals surface area contributed by atoms with Gasteiger partial charge in [-0.2, -0.15) is 5.10 Å². The van der Waals surface area contributed by atoms with Crippen LogP contribution in [0.5, 0.6) is 0 Å². The second-order valence-electron chi connectivity index (χ2n) is 5.55. The number of para-hydroxylation sites is 1. The Labute approximate surface area is 133 Å². The molecule has 2 heterocycles. The van der Waals surface area contributed by atoms with Gasteiger partial charge in [0.25, 0.3) is 5.91 Å². The maximum Gasteiger partial charge on any atom is 0.295 e. The van der Waals surface area contributed by atoms with Crippen LogP contribution < -0.4 is 5.32 Å². The molecular formula is C16H18N6O. The molecule has 7 nitrogen and oxygen atoms in total. The highest BCUT2D eigenvalue weighted by Gasteiger charge is 2.17. The van der Waals surface area contributed by atoms with Gasteiger partial charge in [0.1, 0.15) is 5.82 Å². The molecule has 0 saturated heterocycles. The smallest absolute Gasteiger partial charge is 0.295 e. The van der Waals surface area contributed by atoms with Crippen LogP contribution in [0.3, 0.4) is 0 Å². The van der Waals surface area contributed by atoms with E-state index in [1.165, 1.54) is 6.20 Å². The SMILES string of the molecule is Cc1nc(C(=O)Nc2cn[nH]c2)nn1-c1ccccc1C(C)C. The lowest BCUT2D eigenvalue weighted by atomic mass is 10.0. The molecule has 3 aromatic rings. The molecule has 0 unspecified atom stereocenters.